The second kappa shape index (κ2) is 9.35. The average Bonchev–Trinajstić information content (AvgIpc) is 2.78. The molecule has 1 heterocycles. The summed E-state index contributed by atoms with van der Waals surface area (Å²) in [7, 11) is 0. The molecule has 0 aliphatic carbocycles. The predicted molar refractivity (Wildman–Crippen MR) is 129 cm³/mol. The van der Waals surface area contributed by atoms with Gasteiger partial charge in [-0.1, -0.05) is 55.8 Å². The molecule has 3 aromatic carbocycles. The monoisotopic (exact) mass is 431 g/mol. The van der Waals surface area contributed by atoms with E-state index in [1.165, 1.54) is 5.56 Å². The number of hydrogen-bond acceptors (Lipinski definition) is 4. The van der Waals surface area contributed by atoms with Gasteiger partial charge in [0.15, 0.2) is 0 Å². The number of fused-ring (bicyclic) bond motifs is 2. The molecule has 0 fully saturated rings. The van der Waals surface area contributed by atoms with E-state index in [2.05, 4.69) is 49.9 Å². The maximum atomic E-state index is 12.1. The molecule has 4 rings (SSSR count). The number of benzene rings is 3. The van der Waals surface area contributed by atoms with Crippen LogP contribution in [0.2, 0.25) is 0 Å². The molecule has 0 aromatic heterocycles. The first kappa shape index (κ1) is 22.4. The molecular weight excluding hydrogens is 398 g/mol. The SMILES string of the molecule is CCN(CC)CCOc1ccc2c(c1)Oc1cc(C)ccc1C2(O)Cc1ccc(C)cc1. The Balaban J connectivity index is 1.66. The molecule has 4 heteroatoms. The zero-order valence-corrected chi connectivity index (χ0v) is 19.5. The van der Waals surface area contributed by atoms with Gasteiger partial charge in [0, 0.05) is 30.2 Å². The summed E-state index contributed by atoms with van der Waals surface area (Å²) in [5.74, 6) is 2.11. The van der Waals surface area contributed by atoms with Gasteiger partial charge in [-0.05, 0) is 56.3 Å². The van der Waals surface area contributed by atoms with Crippen LogP contribution >= 0.6 is 0 Å². The van der Waals surface area contributed by atoms with E-state index in [9.17, 15) is 5.11 Å². The summed E-state index contributed by atoms with van der Waals surface area (Å²) in [5.41, 5.74) is 3.77. The summed E-state index contributed by atoms with van der Waals surface area (Å²) >= 11 is 0. The van der Waals surface area contributed by atoms with Crippen LogP contribution in [0.15, 0.2) is 60.7 Å². The van der Waals surface area contributed by atoms with Crippen LogP contribution < -0.4 is 9.47 Å². The first-order chi connectivity index (χ1) is 15.4. The first-order valence-corrected chi connectivity index (χ1v) is 11.5. The van der Waals surface area contributed by atoms with Crippen LogP contribution in [0, 0.1) is 13.8 Å². The van der Waals surface area contributed by atoms with Gasteiger partial charge in [0.1, 0.15) is 29.5 Å². The van der Waals surface area contributed by atoms with E-state index in [-0.39, 0.29) is 0 Å². The van der Waals surface area contributed by atoms with E-state index in [1.807, 2.05) is 43.3 Å². The Morgan fingerprint density at radius 1 is 0.844 bits per heavy atom. The quantitative estimate of drug-likeness (QED) is 0.503. The van der Waals surface area contributed by atoms with E-state index in [0.29, 0.717) is 24.5 Å². The molecule has 3 aromatic rings. The Hall–Kier alpha value is -2.82. The van der Waals surface area contributed by atoms with Gasteiger partial charge in [-0.2, -0.15) is 0 Å². The minimum atomic E-state index is -1.17. The molecule has 0 amide bonds. The Labute approximate surface area is 191 Å². The highest BCUT2D eigenvalue weighted by Crippen LogP contribution is 2.49. The summed E-state index contributed by atoms with van der Waals surface area (Å²) in [6, 6.07) is 20.1. The number of aryl methyl sites for hydroxylation is 2. The van der Waals surface area contributed by atoms with Crippen molar-refractivity contribution in [3.05, 3.63) is 88.5 Å². The van der Waals surface area contributed by atoms with E-state index in [4.69, 9.17) is 9.47 Å². The van der Waals surface area contributed by atoms with Crippen molar-refractivity contribution in [3.63, 3.8) is 0 Å². The van der Waals surface area contributed by atoms with Gasteiger partial charge in [0.2, 0.25) is 0 Å². The van der Waals surface area contributed by atoms with Gasteiger partial charge in [0.05, 0.1) is 0 Å². The standard InChI is InChI=1S/C28H33NO3/c1-5-29(6-2)15-16-31-23-12-14-25-27(18-23)32-26-17-21(4)9-13-24(26)28(25,30)19-22-10-7-20(3)8-11-22/h7-14,17-18,30H,5-6,15-16,19H2,1-4H3. The zero-order valence-electron chi connectivity index (χ0n) is 19.5. The predicted octanol–water partition coefficient (Wildman–Crippen LogP) is 5.61. The van der Waals surface area contributed by atoms with Crippen molar-refractivity contribution in [2.45, 2.75) is 39.7 Å². The van der Waals surface area contributed by atoms with Crippen molar-refractivity contribution in [2.24, 2.45) is 0 Å². The maximum absolute atomic E-state index is 12.1. The highest BCUT2D eigenvalue weighted by atomic mass is 16.5. The summed E-state index contributed by atoms with van der Waals surface area (Å²) in [6.45, 7) is 11.9. The third kappa shape index (κ3) is 4.52. The molecule has 0 saturated heterocycles. The third-order valence-electron chi connectivity index (χ3n) is 6.35. The number of hydrogen-bond donors (Lipinski definition) is 1. The van der Waals surface area contributed by atoms with E-state index in [1.54, 1.807) is 0 Å². The smallest absolute Gasteiger partial charge is 0.137 e. The lowest BCUT2D eigenvalue weighted by molar-refractivity contribution is 0.0697. The molecule has 0 bridgehead atoms. The Kier molecular flexibility index (Phi) is 6.54. The van der Waals surface area contributed by atoms with Crippen molar-refractivity contribution in [3.8, 4) is 17.2 Å². The van der Waals surface area contributed by atoms with Crippen molar-refractivity contribution >= 4 is 0 Å². The van der Waals surface area contributed by atoms with Crippen LogP contribution in [0.25, 0.3) is 0 Å². The number of likely N-dealkylation sites (N-methyl/N-ethyl adjacent to an activating group) is 1. The van der Waals surface area contributed by atoms with Gasteiger partial charge in [0.25, 0.3) is 0 Å². The molecule has 1 N–H and O–H groups in total. The molecule has 0 spiro atoms. The van der Waals surface area contributed by atoms with Crippen molar-refractivity contribution < 1.29 is 14.6 Å². The average molecular weight is 432 g/mol. The topological polar surface area (TPSA) is 41.9 Å². The van der Waals surface area contributed by atoms with Gasteiger partial charge in [-0.3, -0.25) is 0 Å². The van der Waals surface area contributed by atoms with Gasteiger partial charge < -0.3 is 19.5 Å². The molecule has 1 aliphatic heterocycles. The fourth-order valence-corrected chi connectivity index (χ4v) is 4.36. The Bertz CT molecular complexity index is 1070. The van der Waals surface area contributed by atoms with Crippen LogP contribution in [-0.2, 0) is 12.0 Å². The lowest BCUT2D eigenvalue weighted by atomic mass is 9.78. The highest BCUT2D eigenvalue weighted by molar-refractivity contribution is 5.58. The fourth-order valence-electron chi connectivity index (χ4n) is 4.36. The molecule has 168 valence electrons. The third-order valence-corrected chi connectivity index (χ3v) is 6.35. The van der Waals surface area contributed by atoms with Crippen LogP contribution in [0.3, 0.4) is 0 Å². The molecule has 1 aliphatic rings. The van der Waals surface area contributed by atoms with Crippen molar-refractivity contribution in [2.75, 3.05) is 26.2 Å². The molecule has 1 unspecified atom stereocenters. The Morgan fingerprint density at radius 2 is 1.47 bits per heavy atom. The summed E-state index contributed by atoms with van der Waals surface area (Å²) in [6.07, 6.45) is 0.474. The fraction of sp³-hybridized carbons (Fsp3) is 0.357. The molecule has 0 radical (unpaired) electrons. The zero-order chi connectivity index (χ0) is 22.7. The first-order valence-electron chi connectivity index (χ1n) is 11.5. The van der Waals surface area contributed by atoms with Crippen molar-refractivity contribution in [1.82, 2.24) is 4.90 Å². The maximum Gasteiger partial charge on any atom is 0.137 e. The van der Waals surface area contributed by atoms with E-state index in [0.717, 1.165) is 47.6 Å². The lowest BCUT2D eigenvalue weighted by Gasteiger charge is -2.36. The summed E-state index contributed by atoms with van der Waals surface area (Å²) < 4.78 is 12.3. The van der Waals surface area contributed by atoms with Gasteiger partial charge in [-0.15, -0.1) is 0 Å². The molecule has 0 saturated carbocycles. The lowest BCUT2D eigenvalue weighted by Crippen LogP contribution is -2.33. The number of aliphatic hydroxyl groups is 1. The van der Waals surface area contributed by atoms with Gasteiger partial charge >= 0.3 is 0 Å². The van der Waals surface area contributed by atoms with E-state index < -0.39 is 5.60 Å². The highest BCUT2D eigenvalue weighted by Gasteiger charge is 2.41. The minimum absolute atomic E-state index is 0.474. The summed E-state index contributed by atoms with van der Waals surface area (Å²) in [5, 5.41) is 12.1. The minimum Gasteiger partial charge on any atom is -0.492 e. The van der Waals surface area contributed by atoms with Crippen LogP contribution in [0.5, 0.6) is 17.2 Å². The molecule has 1 atom stereocenters. The molecule has 4 nitrogen and oxygen atoms in total. The van der Waals surface area contributed by atoms with Crippen molar-refractivity contribution in [1.29, 1.82) is 0 Å². The van der Waals surface area contributed by atoms with Gasteiger partial charge in [-0.25, -0.2) is 0 Å². The van der Waals surface area contributed by atoms with Crippen LogP contribution in [0.1, 0.15) is 41.7 Å². The Morgan fingerprint density at radius 3 is 2.16 bits per heavy atom. The molecule has 32 heavy (non-hydrogen) atoms. The number of nitrogens with zero attached hydrogens (tertiary/aromatic N) is 1. The van der Waals surface area contributed by atoms with Crippen LogP contribution in [-0.4, -0.2) is 36.2 Å². The van der Waals surface area contributed by atoms with Crippen LogP contribution in [0.4, 0.5) is 0 Å². The number of ether oxygens (including phenoxy) is 2. The number of rotatable bonds is 8. The van der Waals surface area contributed by atoms with E-state index >= 15 is 0 Å². The summed E-state index contributed by atoms with van der Waals surface area (Å²) in [4.78, 5) is 2.33. The normalized spacial score (nSPS) is 16.9. The largest absolute Gasteiger partial charge is 0.492 e. The second-order valence-electron chi connectivity index (χ2n) is 8.66. The second-order valence-corrected chi connectivity index (χ2v) is 8.66. The molecular formula is C28H33NO3.